The van der Waals surface area contributed by atoms with Gasteiger partial charge in [0.25, 0.3) is 0 Å². The number of alkyl carbamates (subject to hydrolysis) is 1. The van der Waals surface area contributed by atoms with Gasteiger partial charge in [0.2, 0.25) is 5.91 Å². The molecule has 234 valence electrons. The fraction of sp³-hybridized carbons (Fsp3) is 0.750. The molecule has 0 aromatic heterocycles. The summed E-state index contributed by atoms with van der Waals surface area (Å²) in [5.74, 6) is 0.309. The second-order valence-electron chi connectivity index (χ2n) is 13.0. The molecule has 5 rings (SSSR count). The Balaban J connectivity index is 1.25. The Kier molecular flexibility index (Phi) is 10.8. The third-order valence-electron chi connectivity index (χ3n) is 9.17. The van der Waals surface area contributed by atoms with Gasteiger partial charge in [-0.2, -0.15) is 0 Å². The maximum atomic E-state index is 13.2. The molecular formula is C32H49N3O7. The van der Waals surface area contributed by atoms with Crippen molar-refractivity contribution in [3.8, 4) is 0 Å². The third kappa shape index (κ3) is 8.23. The highest BCUT2D eigenvalue weighted by atomic mass is 16.6. The maximum Gasteiger partial charge on any atom is 0.407 e. The molecule has 4 heterocycles. The monoisotopic (exact) mass is 587 g/mol. The number of nitrogens with zero attached hydrogens (tertiary/aromatic N) is 1. The van der Waals surface area contributed by atoms with Crippen LogP contribution in [0.4, 0.5) is 4.79 Å². The lowest BCUT2D eigenvalue weighted by atomic mass is 9.87. The fourth-order valence-electron chi connectivity index (χ4n) is 6.96. The maximum absolute atomic E-state index is 13.2. The molecule has 42 heavy (non-hydrogen) atoms. The summed E-state index contributed by atoms with van der Waals surface area (Å²) in [7, 11) is 0. The first kappa shape index (κ1) is 31.2. The van der Waals surface area contributed by atoms with Crippen LogP contribution in [0.25, 0.3) is 0 Å². The minimum absolute atomic E-state index is 0.0112. The van der Waals surface area contributed by atoms with Crippen LogP contribution < -0.4 is 10.6 Å². The largest absolute Gasteiger partial charge is 0.446 e. The van der Waals surface area contributed by atoms with Gasteiger partial charge in [0.05, 0.1) is 37.0 Å². The van der Waals surface area contributed by atoms with Crippen molar-refractivity contribution in [2.45, 2.75) is 107 Å². The van der Waals surface area contributed by atoms with Crippen LogP contribution in [0.3, 0.4) is 0 Å². The van der Waals surface area contributed by atoms with E-state index in [1.165, 1.54) is 0 Å². The van der Waals surface area contributed by atoms with E-state index in [-0.39, 0.29) is 42.3 Å². The highest BCUT2D eigenvalue weighted by molar-refractivity contribution is 5.85. The number of rotatable bonds is 11. The topological polar surface area (TPSA) is 119 Å². The van der Waals surface area contributed by atoms with E-state index in [4.69, 9.17) is 18.9 Å². The van der Waals surface area contributed by atoms with Crippen molar-refractivity contribution < 1.29 is 33.6 Å². The molecule has 10 heteroatoms. The molecule has 10 nitrogen and oxygen atoms in total. The zero-order valence-electron chi connectivity index (χ0n) is 25.2. The van der Waals surface area contributed by atoms with Crippen LogP contribution in [0.5, 0.6) is 0 Å². The number of carbonyl (C=O) groups excluding carboxylic acids is 2. The van der Waals surface area contributed by atoms with Gasteiger partial charge < -0.3 is 34.7 Å². The highest BCUT2D eigenvalue weighted by Gasteiger charge is 2.47. The lowest BCUT2D eigenvalue weighted by Crippen LogP contribution is -2.53. The molecule has 6 atom stereocenters. The number of ether oxygens (including phenoxy) is 4. The van der Waals surface area contributed by atoms with E-state index in [1.54, 1.807) is 0 Å². The summed E-state index contributed by atoms with van der Waals surface area (Å²) in [6.45, 7) is 7.73. The predicted molar refractivity (Wildman–Crippen MR) is 157 cm³/mol. The smallest absolute Gasteiger partial charge is 0.407 e. The molecule has 0 radical (unpaired) electrons. The molecule has 4 aliphatic rings. The minimum atomic E-state index is -0.912. The van der Waals surface area contributed by atoms with Crippen LogP contribution in [0.15, 0.2) is 30.3 Å². The number of carbonyl (C=O) groups is 2. The first-order valence-corrected chi connectivity index (χ1v) is 15.9. The molecule has 0 aliphatic carbocycles. The number of hydrogen-bond acceptors (Lipinski definition) is 8. The molecular weight excluding hydrogens is 538 g/mol. The predicted octanol–water partition coefficient (Wildman–Crippen LogP) is 2.81. The quantitative estimate of drug-likeness (QED) is 0.362. The van der Waals surface area contributed by atoms with Gasteiger partial charge in [-0.15, -0.1) is 0 Å². The zero-order valence-corrected chi connectivity index (χ0v) is 25.2. The summed E-state index contributed by atoms with van der Waals surface area (Å²) in [4.78, 5) is 28.6. The number of hydrogen-bond donors (Lipinski definition) is 3. The Morgan fingerprint density at radius 3 is 2.57 bits per heavy atom. The number of aliphatic hydroxyl groups is 1. The Hall–Kier alpha value is -2.24. The van der Waals surface area contributed by atoms with Crippen molar-refractivity contribution in [1.29, 1.82) is 0 Å². The molecule has 2 amide bonds. The highest BCUT2D eigenvalue weighted by Crippen LogP contribution is 2.33. The molecule has 1 aromatic rings. The third-order valence-corrected chi connectivity index (χ3v) is 9.17. The average molecular weight is 588 g/mol. The van der Waals surface area contributed by atoms with Gasteiger partial charge in [0.15, 0.2) is 0 Å². The van der Waals surface area contributed by atoms with E-state index in [1.807, 2.05) is 30.3 Å². The van der Waals surface area contributed by atoms with Gasteiger partial charge in [-0.05, 0) is 50.0 Å². The van der Waals surface area contributed by atoms with Crippen LogP contribution in [-0.2, 0) is 30.2 Å². The lowest BCUT2D eigenvalue weighted by molar-refractivity contribution is -0.125. The van der Waals surface area contributed by atoms with Crippen molar-refractivity contribution >= 4 is 12.0 Å². The summed E-state index contributed by atoms with van der Waals surface area (Å²) in [5.41, 5.74) is 0.762. The second kappa shape index (κ2) is 14.5. The molecule has 1 aromatic carbocycles. The van der Waals surface area contributed by atoms with E-state index >= 15 is 0 Å². The van der Waals surface area contributed by atoms with Crippen molar-refractivity contribution in [2.24, 2.45) is 5.92 Å². The average Bonchev–Trinajstić information content (AvgIpc) is 3.62. The van der Waals surface area contributed by atoms with Crippen molar-refractivity contribution in [3.05, 3.63) is 35.9 Å². The Morgan fingerprint density at radius 1 is 1.10 bits per heavy atom. The van der Waals surface area contributed by atoms with Gasteiger partial charge in [-0.1, -0.05) is 44.2 Å². The minimum Gasteiger partial charge on any atom is -0.446 e. The first-order valence-electron chi connectivity index (χ1n) is 15.9. The zero-order chi connectivity index (χ0) is 29.5. The molecule has 3 unspecified atom stereocenters. The van der Waals surface area contributed by atoms with Crippen LogP contribution in [0, 0.1) is 5.92 Å². The van der Waals surface area contributed by atoms with Crippen LogP contribution in [0.1, 0.15) is 64.4 Å². The van der Waals surface area contributed by atoms with Crippen molar-refractivity contribution in [3.63, 3.8) is 0 Å². The molecule has 1 spiro atoms. The summed E-state index contributed by atoms with van der Waals surface area (Å²) < 4.78 is 23.2. The van der Waals surface area contributed by atoms with Gasteiger partial charge in [-0.25, -0.2) is 4.79 Å². The SMILES string of the molecule is CC(C)CN(C[C@@H](O)C(Cc1ccccc1)NC(=O)O[C@H]1CCOC([C@@H]2CCCO2)C1)C1CC2(CCOCC2)NC1=O. The summed E-state index contributed by atoms with van der Waals surface area (Å²) in [6, 6.07) is 8.90. The molecule has 3 N–H and O–H groups in total. The number of benzene rings is 1. The Labute approximate surface area is 249 Å². The summed E-state index contributed by atoms with van der Waals surface area (Å²) in [6.07, 6.45) is 4.26. The van der Waals surface area contributed by atoms with E-state index in [0.717, 1.165) is 37.9 Å². The lowest BCUT2D eigenvalue weighted by Gasteiger charge is -2.36. The number of nitrogens with one attached hydrogen (secondary N) is 2. The fourth-order valence-corrected chi connectivity index (χ4v) is 6.96. The number of amides is 2. The molecule has 4 fully saturated rings. The van der Waals surface area contributed by atoms with E-state index in [9.17, 15) is 14.7 Å². The van der Waals surface area contributed by atoms with Crippen molar-refractivity contribution in [1.82, 2.24) is 15.5 Å². The summed E-state index contributed by atoms with van der Waals surface area (Å²) >= 11 is 0. The van der Waals surface area contributed by atoms with Gasteiger partial charge in [-0.3, -0.25) is 9.69 Å². The van der Waals surface area contributed by atoms with Gasteiger partial charge in [0.1, 0.15) is 6.10 Å². The van der Waals surface area contributed by atoms with Crippen LogP contribution >= 0.6 is 0 Å². The van der Waals surface area contributed by atoms with Crippen LogP contribution in [-0.4, -0.2) is 104 Å². The first-order chi connectivity index (χ1) is 20.3. The van der Waals surface area contributed by atoms with Gasteiger partial charge in [0, 0.05) is 51.3 Å². The summed E-state index contributed by atoms with van der Waals surface area (Å²) in [5, 5.41) is 17.9. The molecule has 0 saturated carbocycles. The second-order valence-corrected chi connectivity index (χ2v) is 13.0. The Morgan fingerprint density at radius 2 is 1.86 bits per heavy atom. The molecule has 0 bridgehead atoms. The van der Waals surface area contributed by atoms with E-state index < -0.39 is 18.2 Å². The van der Waals surface area contributed by atoms with Crippen molar-refractivity contribution in [2.75, 3.05) is 39.5 Å². The normalized spacial score (nSPS) is 29.0. The van der Waals surface area contributed by atoms with E-state index in [2.05, 4.69) is 29.4 Å². The van der Waals surface area contributed by atoms with Gasteiger partial charge >= 0.3 is 6.09 Å². The standard InChI is InChI=1S/C32H49N3O7/c1-22(2)20-35(26-19-32(34-30(26)37)11-15-39-16-12-32)21-27(36)25(17-23-7-4-3-5-8-23)33-31(38)42-24-10-14-41-29(18-24)28-9-6-13-40-28/h3-5,7-8,22,24-29,36H,6,9-21H2,1-2H3,(H,33,38)(H,34,37)/t24-,25?,26?,27+,28-,29?/m0/s1. The molecule has 4 aliphatic heterocycles. The Bertz CT molecular complexity index is 1010. The molecule has 4 saturated heterocycles. The number of aliphatic hydroxyl groups excluding tert-OH is 1. The van der Waals surface area contributed by atoms with Crippen LogP contribution in [0.2, 0.25) is 0 Å². The van der Waals surface area contributed by atoms with E-state index in [0.29, 0.717) is 58.0 Å².